The van der Waals surface area contributed by atoms with Crippen LogP contribution in [0, 0.1) is 11.3 Å². The molecule has 0 saturated carbocycles. The van der Waals surface area contributed by atoms with Crippen LogP contribution in [-0.4, -0.2) is 21.2 Å². The molecule has 16 heavy (non-hydrogen) atoms. The molecule has 1 heterocycles. The molecule has 0 unspecified atom stereocenters. The van der Waals surface area contributed by atoms with Gasteiger partial charge in [0.1, 0.15) is 20.8 Å². The Kier molecular flexibility index (Phi) is 3.57. The molecule has 0 fully saturated rings. The first kappa shape index (κ1) is 12.5. The minimum absolute atomic E-state index is 0.00380. The molecule has 0 radical (unpaired) electrons. The van der Waals surface area contributed by atoms with Crippen molar-refractivity contribution in [1.82, 2.24) is 0 Å². The molecule has 0 bridgehead atoms. The summed E-state index contributed by atoms with van der Waals surface area (Å²) >= 11 is 1.03. The lowest BCUT2D eigenvalue weighted by atomic mass is 10.4. The number of thiophene rings is 1. The summed E-state index contributed by atoms with van der Waals surface area (Å²) in [5.74, 6) is 0. The first-order valence-electron chi connectivity index (χ1n) is 4.29. The van der Waals surface area contributed by atoms with Crippen molar-refractivity contribution in [1.29, 1.82) is 5.26 Å². The van der Waals surface area contributed by atoms with Crippen LogP contribution in [0.2, 0.25) is 0 Å². The molecule has 5 nitrogen and oxygen atoms in total. The second-order valence-corrected chi connectivity index (χ2v) is 6.03. The molecule has 0 atom stereocenters. The molecule has 0 saturated heterocycles. The van der Waals surface area contributed by atoms with Gasteiger partial charge in [0.2, 0.25) is 0 Å². The van der Waals surface area contributed by atoms with E-state index >= 15 is 0 Å². The third-order valence-electron chi connectivity index (χ3n) is 1.78. The monoisotopic (exact) mass is 257 g/mol. The van der Waals surface area contributed by atoms with Gasteiger partial charge in [-0.1, -0.05) is 6.08 Å². The largest absolute Gasteiger partial charge is 0.396 e. The molecule has 0 aliphatic carbocycles. The van der Waals surface area contributed by atoms with Crippen LogP contribution in [0.1, 0.15) is 4.88 Å². The number of hydrogen-bond acceptors (Lipinski definition) is 6. The van der Waals surface area contributed by atoms with E-state index in [1.54, 1.807) is 6.08 Å². The zero-order valence-electron chi connectivity index (χ0n) is 8.65. The van der Waals surface area contributed by atoms with E-state index in [9.17, 15) is 8.42 Å². The Hall–Kier alpha value is -1.52. The Morgan fingerprint density at radius 2 is 2.31 bits per heavy atom. The maximum absolute atomic E-state index is 11.5. The van der Waals surface area contributed by atoms with Gasteiger partial charge < -0.3 is 11.1 Å². The molecular formula is C9H11N3O2S2. The molecule has 0 aromatic carbocycles. The smallest absolute Gasteiger partial charge is 0.180 e. The van der Waals surface area contributed by atoms with Crippen LogP contribution >= 0.6 is 11.3 Å². The van der Waals surface area contributed by atoms with Crippen LogP contribution < -0.4 is 11.1 Å². The van der Waals surface area contributed by atoms with E-state index < -0.39 is 9.84 Å². The number of anilines is 2. The molecule has 1 aromatic rings. The van der Waals surface area contributed by atoms with Crippen LogP contribution in [0.3, 0.4) is 0 Å². The van der Waals surface area contributed by atoms with Crippen LogP contribution in [0.15, 0.2) is 17.6 Å². The molecule has 0 amide bonds. The van der Waals surface area contributed by atoms with Gasteiger partial charge in [-0.05, 0) is 0 Å². The molecule has 7 heteroatoms. The maximum Gasteiger partial charge on any atom is 0.180 e. The Bertz CT molecular complexity index is 552. The van der Waals surface area contributed by atoms with Gasteiger partial charge in [0.05, 0.1) is 5.69 Å². The molecular weight excluding hydrogens is 246 g/mol. The molecule has 1 aromatic heterocycles. The van der Waals surface area contributed by atoms with E-state index in [0.717, 1.165) is 17.6 Å². The van der Waals surface area contributed by atoms with Crippen molar-refractivity contribution in [2.45, 2.75) is 4.90 Å². The van der Waals surface area contributed by atoms with Gasteiger partial charge in [-0.15, -0.1) is 17.9 Å². The normalized spacial score (nSPS) is 10.8. The van der Waals surface area contributed by atoms with Crippen molar-refractivity contribution in [2.24, 2.45) is 0 Å². The Balaban J connectivity index is 3.38. The van der Waals surface area contributed by atoms with E-state index in [2.05, 4.69) is 11.9 Å². The fraction of sp³-hybridized carbons (Fsp3) is 0.222. The number of nitrogen functional groups attached to an aromatic ring is 1. The number of hydrogen-bond donors (Lipinski definition) is 2. The zero-order valence-corrected chi connectivity index (χ0v) is 10.3. The average Bonchev–Trinajstić information content (AvgIpc) is 2.51. The van der Waals surface area contributed by atoms with Crippen LogP contribution in [0.25, 0.3) is 0 Å². The lowest BCUT2D eigenvalue weighted by molar-refractivity contribution is 0.603. The van der Waals surface area contributed by atoms with Crippen molar-refractivity contribution in [2.75, 3.05) is 23.9 Å². The molecule has 86 valence electrons. The summed E-state index contributed by atoms with van der Waals surface area (Å²) in [7, 11) is -3.45. The minimum Gasteiger partial charge on any atom is -0.396 e. The van der Waals surface area contributed by atoms with Crippen molar-refractivity contribution >= 4 is 31.9 Å². The Labute approximate surface area is 98.1 Å². The van der Waals surface area contributed by atoms with Gasteiger partial charge in [-0.2, -0.15) is 5.26 Å². The minimum atomic E-state index is -3.45. The first-order chi connectivity index (χ1) is 7.41. The quantitative estimate of drug-likeness (QED) is 0.790. The van der Waals surface area contributed by atoms with Gasteiger partial charge in [0, 0.05) is 12.8 Å². The lowest BCUT2D eigenvalue weighted by Gasteiger charge is -2.03. The maximum atomic E-state index is 11.5. The fourth-order valence-corrected chi connectivity index (χ4v) is 3.54. The van der Waals surface area contributed by atoms with Gasteiger partial charge in [0.15, 0.2) is 9.84 Å². The fourth-order valence-electron chi connectivity index (χ4n) is 1.16. The topological polar surface area (TPSA) is 96.0 Å². The SMILES string of the molecule is C=CCNc1sc(C#N)c(N)c1S(C)(=O)=O. The van der Waals surface area contributed by atoms with Gasteiger partial charge >= 0.3 is 0 Å². The van der Waals surface area contributed by atoms with Crippen LogP contribution in [-0.2, 0) is 9.84 Å². The summed E-state index contributed by atoms with van der Waals surface area (Å²) in [5.41, 5.74) is 5.63. The Morgan fingerprint density at radius 1 is 1.69 bits per heavy atom. The van der Waals surface area contributed by atoms with E-state index in [-0.39, 0.29) is 15.5 Å². The summed E-state index contributed by atoms with van der Waals surface area (Å²) in [4.78, 5) is 0.197. The number of nitrogens with zero attached hydrogens (tertiary/aromatic N) is 1. The summed E-state index contributed by atoms with van der Waals surface area (Å²) in [6.07, 6.45) is 2.65. The second kappa shape index (κ2) is 4.55. The highest BCUT2D eigenvalue weighted by atomic mass is 32.2. The first-order valence-corrected chi connectivity index (χ1v) is 6.99. The average molecular weight is 257 g/mol. The van der Waals surface area contributed by atoms with Crippen molar-refractivity contribution in [3.63, 3.8) is 0 Å². The third kappa shape index (κ3) is 2.35. The number of nitrogens with one attached hydrogen (secondary N) is 1. The highest BCUT2D eigenvalue weighted by Crippen LogP contribution is 2.38. The zero-order chi connectivity index (χ0) is 12.3. The molecule has 0 aliphatic rings. The number of rotatable bonds is 4. The summed E-state index contributed by atoms with van der Waals surface area (Å²) in [5, 5.41) is 12.0. The van der Waals surface area contributed by atoms with E-state index in [0.29, 0.717) is 11.5 Å². The van der Waals surface area contributed by atoms with Crippen LogP contribution in [0.5, 0.6) is 0 Å². The predicted octanol–water partition coefficient (Wildman–Crippen LogP) is 1.20. The van der Waals surface area contributed by atoms with Gasteiger partial charge in [0.25, 0.3) is 0 Å². The summed E-state index contributed by atoms with van der Waals surface area (Å²) < 4.78 is 23.0. The van der Waals surface area contributed by atoms with E-state index in [1.165, 1.54) is 0 Å². The highest BCUT2D eigenvalue weighted by molar-refractivity contribution is 7.91. The van der Waals surface area contributed by atoms with Crippen molar-refractivity contribution < 1.29 is 8.42 Å². The molecule has 0 spiro atoms. The molecule has 0 aliphatic heterocycles. The van der Waals surface area contributed by atoms with E-state index in [4.69, 9.17) is 11.0 Å². The highest BCUT2D eigenvalue weighted by Gasteiger charge is 2.23. The van der Waals surface area contributed by atoms with E-state index in [1.807, 2.05) is 6.07 Å². The summed E-state index contributed by atoms with van der Waals surface area (Å²) in [6, 6.07) is 1.87. The Morgan fingerprint density at radius 3 is 2.75 bits per heavy atom. The van der Waals surface area contributed by atoms with Gasteiger partial charge in [-0.3, -0.25) is 0 Å². The van der Waals surface area contributed by atoms with Crippen LogP contribution in [0.4, 0.5) is 10.7 Å². The molecule has 1 rings (SSSR count). The number of nitrogens with two attached hydrogens (primary N) is 1. The lowest BCUT2D eigenvalue weighted by Crippen LogP contribution is -2.05. The van der Waals surface area contributed by atoms with Crippen molar-refractivity contribution in [3.8, 4) is 6.07 Å². The van der Waals surface area contributed by atoms with Gasteiger partial charge in [-0.25, -0.2) is 8.42 Å². The molecule has 3 N–H and O–H groups in total. The summed E-state index contributed by atoms with van der Waals surface area (Å²) in [6.45, 7) is 3.92. The third-order valence-corrected chi connectivity index (χ3v) is 4.14. The number of nitriles is 1. The number of sulfone groups is 1. The standard InChI is InChI=1S/C9H11N3O2S2/c1-3-4-12-9-8(16(2,13)14)7(11)6(5-10)15-9/h3,12H,1,4,11H2,2H3. The predicted molar refractivity (Wildman–Crippen MR) is 65.2 cm³/mol. The van der Waals surface area contributed by atoms with Crippen molar-refractivity contribution in [3.05, 3.63) is 17.5 Å². The second-order valence-electron chi connectivity index (χ2n) is 3.06.